The van der Waals surface area contributed by atoms with E-state index in [9.17, 15) is 9.59 Å². The standard InChI is InChI=1S/C18H17Cl3N2O2/c1-2-8-23(18(25)12-4-3-5-13(19)9-12)11-17(24)22-16-7-6-14(20)10-15(16)21/h3-7,9-10H,2,8,11H2,1H3,(H,22,24). The van der Waals surface area contributed by atoms with Crippen LogP contribution in [0.1, 0.15) is 23.7 Å². The highest BCUT2D eigenvalue weighted by Crippen LogP contribution is 2.25. The van der Waals surface area contributed by atoms with Gasteiger partial charge in [0.2, 0.25) is 5.91 Å². The highest BCUT2D eigenvalue weighted by atomic mass is 35.5. The summed E-state index contributed by atoms with van der Waals surface area (Å²) in [6.45, 7) is 2.30. The Balaban J connectivity index is 2.09. The summed E-state index contributed by atoms with van der Waals surface area (Å²) in [6, 6.07) is 11.4. The van der Waals surface area contributed by atoms with Gasteiger partial charge < -0.3 is 10.2 Å². The highest BCUT2D eigenvalue weighted by Gasteiger charge is 2.19. The predicted molar refractivity (Wildman–Crippen MR) is 103 cm³/mol. The van der Waals surface area contributed by atoms with Crippen LogP contribution in [-0.4, -0.2) is 29.8 Å². The molecule has 2 amide bonds. The molecule has 0 fully saturated rings. The van der Waals surface area contributed by atoms with E-state index in [0.717, 1.165) is 6.42 Å². The zero-order valence-electron chi connectivity index (χ0n) is 13.6. The summed E-state index contributed by atoms with van der Waals surface area (Å²) >= 11 is 17.8. The first-order valence-electron chi connectivity index (χ1n) is 7.70. The molecule has 4 nitrogen and oxygen atoms in total. The van der Waals surface area contributed by atoms with Crippen LogP contribution in [0.25, 0.3) is 0 Å². The first-order valence-corrected chi connectivity index (χ1v) is 8.84. The molecule has 132 valence electrons. The van der Waals surface area contributed by atoms with Crippen LogP contribution < -0.4 is 5.32 Å². The first kappa shape index (κ1) is 19.6. The van der Waals surface area contributed by atoms with Gasteiger partial charge in [0.25, 0.3) is 5.91 Å². The van der Waals surface area contributed by atoms with E-state index in [-0.39, 0.29) is 18.4 Å². The molecule has 0 aliphatic carbocycles. The fraction of sp³-hybridized carbons (Fsp3) is 0.222. The van der Waals surface area contributed by atoms with Crippen molar-refractivity contribution in [3.63, 3.8) is 0 Å². The lowest BCUT2D eigenvalue weighted by atomic mass is 10.2. The molecule has 1 N–H and O–H groups in total. The zero-order valence-corrected chi connectivity index (χ0v) is 15.8. The van der Waals surface area contributed by atoms with Gasteiger partial charge in [-0.25, -0.2) is 0 Å². The van der Waals surface area contributed by atoms with Gasteiger partial charge in [0.05, 0.1) is 10.7 Å². The molecule has 0 bridgehead atoms. The molecule has 0 saturated heterocycles. The molecular weight excluding hydrogens is 383 g/mol. The molecule has 0 saturated carbocycles. The maximum atomic E-state index is 12.6. The lowest BCUT2D eigenvalue weighted by Gasteiger charge is -2.22. The van der Waals surface area contributed by atoms with Gasteiger partial charge >= 0.3 is 0 Å². The Kier molecular flexibility index (Phi) is 7.12. The molecule has 25 heavy (non-hydrogen) atoms. The van der Waals surface area contributed by atoms with Gasteiger partial charge in [-0.05, 0) is 42.8 Å². The smallest absolute Gasteiger partial charge is 0.254 e. The van der Waals surface area contributed by atoms with Gasteiger partial charge in [-0.1, -0.05) is 47.8 Å². The number of anilines is 1. The summed E-state index contributed by atoms with van der Waals surface area (Å²) in [5.74, 6) is -0.588. The number of benzene rings is 2. The quantitative estimate of drug-likeness (QED) is 0.731. The van der Waals surface area contributed by atoms with Crippen LogP contribution in [0.3, 0.4) is 0 Å². The molecule has 0 heterocycles. The van der Waals surface area contributed by atoms with E-state index in [2.05, 4.69) is 5.32 Å². The lowest BCUT2D eigenvalue weighted by molar-refractivity contribution is -0.116. The third kappa shape index (κ3) is 5.63. The minimum Gasteiger partial charge on any atom is -0.329 e. The van der Waals surface area contributed by atoms with Gasteiger partial charge in [0, 0.05) is 22.2 Å². The van der Waals surface area contributed by atoms with Crippen molar-refractivity contribution in [2.75, 3.05) is 18.4 Å². The Morgan fingerprint density at radius 2 is 1.76 bits per heavy atom. The molecule has 0 spiro atoms. The minimum atomic E-state index is -0.340. The molecule has 0 atom stereocenters. The summed E-state index contributed by atoms with van der Waals surface area (Å²) in [5.41, 5.74) is 0.890. The average Bonchev–Trinajstić information content (AvgIpc) is 2.56. The van der Waals surface area contributed by atoms with E-state index in [1.165, 1.54) is 4.90 Å². The summed E-state index contributed by atoms with van der Waals surface area (Å²) < 4.78 is 0. The average molecular weight is 400 g/mol. The third-order valence-corrected chi connectivity index (χ3v) is 4.17. The second kappa shape index (κ2) is 9.09. The van der Waals surface area contributed by atoms with Gasteiger partial charge in [0.1, 0.15) is 6.54 Å². The summed E-state index contributed by atoms with van der Waals surface area (Å²) in [7, 11) is 0. The topological polar surface area (TPSA) is 49.4 Å². The van der Waals surface area contributed by atoms with Crippen molar-refractivity contribution < 1.29 is 9.59 Å². The van der Waals surface area contributed by atoms with Crippen molar-refractivity contribution in [3.05, 3.63) is 63.1 Å². The van der Waals surface area contributed by atoms with Crippen LogP contribution in [0.2, 0.25) is 15.1 Å². The Bertz CT molecular complexity index is 781. The Morgan fingerprint density at radius 3 is 2.40 bits per heavy atom. The van der Waals surface area contributed by atoms with Gasteiger partial charge in [-0.3, -0.25) is 9.59 Å². The van der Waals surface area contributed by atoms with E-state index in [0.29, 0.717) is 32.9 Å². The maximum absolute atomic E-state index is 12.6. The predicted octanol–water partition coefficient (Wildman–Crippen LogP) is 5.14. The monoisotopic (exact) mass is 398 g/mol. The second-order valence-corrected chi connectivity index (χ2v) is 6.69. The molecule has 0 aliphatic rings. The Labute approximate surface area is 161 Å². The van der Waals surface area contributed by atoms with Crippen molar-refractivity contribution in [1.82, 2.24) is 4.90 Å². The van der Waals surface area contributed by atoms with E-state index in [4.69, 9.17) is 34.8 Å². The summed E-state index contributed by atoms with van der Waals surface area (Å²) in [4.78, 5) is 26.4. The SMILES string of the molecule is CCCN(CC(=O)Nc1ccc(Cl)cc1Cl)C(=O)c1cccc(Cl)c1. The van der Waals surface area contributed by atoms with Crippen LogP contribution in [0.5, 0.6) is 0 Å². The molecule has 0 aromatic heterocycles. The van der Waals surface area contributed by atoms with Crippen molar-refractivity contribution >= 4 is 52.3 Å². The third-order valence-electron chi connectivity index (χ3n) is 3.39. The number of carbonyl (C=O) groups excluding carboxylic acids is 2. The molecule has 7 heteroatoms. The normalized spacial score (nSPS) is 10.4. The van der Waals surface area contributed by atoms with Crippen LogP contribution in [0.15, 0.2) is 42.5 Å². The molecular formula is C18H17Cl3N2O2. The molecule has 2 aromatic rings. The zero-order chi connectivity index (χ0) is 18.4. The van der Waals surface area contributed by atoms with Crippen LogP contribution >= 0.6 is 34.8 Å². The van der Waals surface area contributed by atoms with Crippen LogP contribution in [-0.2, 0) is 4.79 Å². The van der Waals surface area contributed by atoms with Crippen molar-refractivity contribution in [3.8, 4) is 0 Å². The Hall–Kier alpha value is -1.75. The molecule has 2 aromatic carbocycles. The van der Waals surface area contributed by atoms with Crippen LogP contribution in [0, 0.1) is 0 Å². The number of carbonyl (C=O) groups is 2. The number of hydrogen-bond donors (Lipinski definition) is 1. The number of halogens is 3. The minimum absolute atomic E-state index is 0.0852. The number of amides is 2. The van der Waals surface area contributed by atoms with Crippen molar-refractivity contribution in [2.45, 2.75) is 13.3 Å². The molecule has 0 aliphatic heterocycles. The largest absolute Gasteiger partial charge is 0.329 e. The summed E-state index contributed by atoms with van der Waals surface area (Å²) in [6.07, 6.45) is 0.723. The van der Waals surface area contributed by atoms with Crippen LogP contribution in [0.4, 0.5) is 5.69 Å². The van der Waals surface area contributed by atoms with E-state index >= 15 is 0 Å². The molecule has 2 rings (SSSR count). The molecule has 0 unspecified atom stereocenters. The number of nitrogens with one attached hydrogen (secondary N) is 1. The highest BCUT2D eigenvalue weighted by molar-refractivity contribution is 6.36. The Morgan fingerprint density at radius 1 is 1.04 bits per heavy atom. The van der Waals surface area contributed by atoms with Gasteiger partial charge in [-0.15, -0.1) is 0 Å². The van der Waals surface area contributed by atoms with Gasteiger partial charge in [-0.2, -0.15) is 0 Å². The number of hydrogen-bond acceptors (Lipinski definition) is 2. The lowest BCUT2D eigenvalue weighted by Crippen LogP contribution is -2.38. The number of rotatable bonds is 6. The van der Waals surface area contributed by atoms with E-state index < -0.39 is 0 Å². The first-order chi connectivity index (χ1) is 11.9. The van der Waals surface area contributed by atoms with Gasteiger partial charge in [0.15, 0.2) is 0 Å². The van der Waals surface area contributed by atoms with E-state index in [1.807, 2.05) is 6.92 Å². The number of nitrogens with zero attached hydrogens (tertiary/aromatic N) is 1. The molecule has 0 radical (unpaired) electrons. The van der Waals surface area contributed by atoms with E-state index in [1.54, 1.807) is 42.5 Å². The fourth-order valence-corrected chi connectivity index (χ4v) is 2.93. The fourth-order valence-electron chi connectivity index (χ4n) is 2.28. The van der Waals surface area contributed by atoms with Crippen molar-refractivity contribution in [1.29, 1.82) is 0 Å². The maximum Gasteiger partial charge on any atom is 0.254 e. The second-order valence-electron chi connectivity index (χ2n) is 5.41. The van der Waals surface area contributed by atoms with Crippen molar-refractivity contribution in [2.24, 2.45) is 0 Å². The summed E-state index contributed by atoms with van der Waals surface area (Å²) in [5, 5.41) is 3.98.